The highest BCUT2D eigenvalue weighted by molar-refractivity contribution is 5.87. The summed E-state index contributed by atoms with van der Waals surface area (Å²) >= 11 is 0. The Kier molecular flexibility index (Phi) is 4.14. The molecule has 0 aliphatic carbocycles. The predicted octanol–water partition coefficient (Wildman–Crippen LogP) is 1.54. The van der Waals surface area contributed by atoms with Gasteiger partial charge in [0.25, 0.3) is 0 Å². The Balaban J connectivity index is 2.77. The third-order valence-electron chi connectivity index (χ3n) is 2.82. The van der Waals surface area contributed by atoms with Crippen molar-refractivity contribution in [1.82, 2.24) is 10.6 Å². The molecule has 0 aromatic carbocycles. The van der Waals surface area contributed by atoms with Crippen LogP contribution >= 0.6 is 0 Å². The van der Waals surface area contributed by atoms with E-state index in [1.54, 1.807) is 0 Å². The zero-order valence-corrected chi connectivity index (χ0v) is 10.4. The molecular weight excluding hydrogens is 188 g/mol. The minimum Gasteiger partial charge on any atom is -0.353 e. The molecule has 1 aliphatic heterocycles. The van der Waals surface area contributed by atoms with Crippen LogP contribution in [0.1, 0.15) is 40.5 Å². The molecule has 1 rings (SSSR count). The molecule has 1 saturated heterocycles. The van der Waals surface area contributed by atoms with Crippen molar-refractivity contribution in [3.05, 3.63) is 0 Å². The van der Waals surface area contributed by atoms with Crippen molar-refractivity contribution in [3.63, 3.8) is 0 Å². The largest absolute Gasteiger partial charge is 0.353 e. The van der Waals surface area contributed by atoms with Crippen LogP contribution in [0, 0.1) is 11.8 Å². The van der Waals surface area contributed by atoms with Crippen molar-refractivity contribution in [1.29, 1.82) is 0 Å². The maximum atomic E-state index is 12.0. The fraction of sp³-hybridized carbons (Fsp3) is 0.917. The fourth-order valence-electron chi connectivity index (χ4n) is 2.53. The van der Waals surface area contributed by atoms with Crippen LogP contribution in [0.15, 0.2) is 0 Å². The smallest absolute Gasteiger partial charge is 0.240 e. The number of hydrogen-bond donors (Lipinski definition) is 2. The summed E-state index contributed by atoms with van der Waals surface area (Å²) < 4.78 is 0. The molecular formula is C12H24N2O. The zero-order chi connectivity index (χ0) is 11.5. The second kappa shape index (κ2) is 4.97. The summed E-state index contributed by atoms with van der Waals surface area (Å²) in [5.41, 5.74) is -0.319. The van der Waals surface area contributed by atoms with Crippen LogP contribution in [-0.2, 0) is 4.79 Å². The van der Waals surface area contributed by atoms with E-state index in [-0.39, 0.29) is 11.4 Å². The van der Waals surface area contributed by atoms with Crippen LogP contribution in [0.5, 0.6) is 0 Å². The second-order valence-electron chi connectivity index (χ2n) is 5.46. The van der Waals surface area contributed by atoms with Gasteiger partial charge in [0, 0.05) is 13.1 Å². The summed E-state index contributed by atoms with van der Waals surface area (Å²) in [6.45, 7) is 10.3. The molecule has 0 saturated carbocycles. The van der Waals surface area contributed by atoms with E-state index in [1.165, 1.54) is 0 Å². The molecule has 1 aliphatic rings. The van der Waals surface area contributed by atoms with Gasteiger partial charge in [-0.25, -0.2) is 0 Å². The number of hydrogen-bond acceptors (Lipinski definition) is 2. The van der Waals surface area contributed by atoms with Gasteiger partial charge in [-0.15, -0.1) is 0 Å². The van der Waals surface area contributed by atoms with Crippen molar-refractivity contribution < 1.29 is 4.79 Å². The number of piperazine rings is 1. The van der Waals surface area contributed by atoms with Crippen LogP contribution in [0.4, 0.5) is 0 Å². The van der Waals surface area contributed by atoms with Gasteiger partial charge in [-0.3, -0.25) is 4.79 Å². The Morgan fingerprint density at radius 1 is 1.13 bits per heavy atom. The molecule has 15 heavy (non-hydrogen) atoms. The molecule has 1 amide bonds. The molecule has 1 fully saturated rings. The number of amides is 1. The predicted molar refractivity (Wildman–Crippen MR) is 62.7 cm³/mol. The normalized spacial score (nSPS) is 20.8. The average molecular weight is 212 g/mol. The minimum absolute atomic E-state index is 0.191. The van der Waals surface area contributed by atoms with Crippen molar-refractivity contribution in [2.75, 3.05) is 13.1 Å². The Hall–Kier alpha value is -0.570. The van der Waals surface area contributed by atoms with Crippen LogP contribution in [0.3, 0.4) is 0 Å². The lowest BCUT2D eigenvalue weighted by Gasteiger charge is -2.39. The molecule has 88 valence electrons. The van der Waals surface area contributed by atoms with Crippen molar-refractivity contribution in [3.8, 4) is 0 Å². The van der Waals surface area contributed by atoms with Crippen LogP contribution in [-0.4, -0.2) is 24.5 Å². The first-order chi connectivity index (χ1) is 6.96. The Morgan fingerprint density at radius 3 is 2.07 bits per heavy atom. The molecule has 3 heteroatoms. The van der Waals surface area contributed by atoms with Crippen LogP contribution in [0.25, 0.3) is 0 Å². The van der Waals surface area contributed by atoms with E-state index in [9.17, 15) is 4.79 Å². The van der Waals surface area contributed by atoms with Gasteiger partial charge >= 0.3 is 0 Å². The number of carbonyl (C=O) groups is 1. The van der Waals surface area contributed by atoms with E-state index in [0.717, 1.165) is 25.9 Å². The molecule has 0 bridgehead atoms. The number of rotatable bonds is 4. The van der Waals surface area contributed by atoms with E-state index in [1.807, 2.05) is 0 Å². The van der Waals surface area contributed by atoms with Crippen molar-refractivity contribution in [2.45, 2.75) is 46.1 Å². The molecule has 2 N–H and O–H groups in total. The van der Waals surface area contributed by atoms with Crippen molar-refractivity contribution in [2.24, 2.45) is 11.8 Å². The third kappa shape index (κ3) is 3.20. The van der Waals surface area contributed by atoms with E-state index in [2.05, 4.69) is 38.3 Å². The van der Waals surface area contributed by atoms with Crippen LogP contribution in [0.2, 0.25) is 0 Å². The van der Waals surface area contributed by atoms with Crippen molar-refractivity contribution >= 4 is 5.91 Å². The maximum absolute atomic E-state index is 12.0. The number of carbonyl (C=O) groups excluding carboxylic acids is 1. The lowest BCUT2D eigenvalue weighted by Crippen LogP contribution is -2.64. The summed E-state index contributed by atoms with van der Waals surface area (Å²) in [5.74, 6) is 1.27. The summed E-state index contributed by atoms with van der Waals surface area (Å²) in [7, 11) is 0. The molecule has 0 aromatic heterocycles. The molecule has 3 nitrogen and oxygen atoms in total. The third-order valence-corrected chi connectivity index (χ3v) is 2.82. The van der Waals surface area contributed by atoms with Gasteiger partial charge < -0.3 is 10.6 Å². The highest BCUT2D eigenvalue weighted by Crippen LogP contribution is 2.26. The topological polar surface area (TPSA) is 41.1 Å². The monoisotopic (exact) mass is 212 g/mol. The quantitative estimate of drug-likeness (QED) is 0.742. The van der Waals surface area contributed by atoms with Gasteiger partial charge in [-0.1, -0.05) is 27.7 Å². The Morgan fingerprint density at radius 2 is 1.67 bits per heavy atom. The van der Waals surface area contributed by atoms with Gasteiger partial charge in [-0.05, 0) is 24.7 Å². The lowest BCUT2D eigenvalue weighted by molar-refractivity contribution is -0.130. The van der Waals surface area contributed by atoms with Gasteiger partial charge in [-0.2, -0.15) is 0 Å². The summed E-state index contributed by atoms with van der Waals surface area (Å²) in [4.78, 5) is 12.0. The Bertz CT molecular complexity index is 214. The summed E-state index contributed by atoms with van der Waals surface area (Å²) in [5, 5.41) is 6.42. The van der Waals surface area contributed by atoms with E-state index < -0.39 is 0 Å². The first-order valence-corrected chi connectivity index (χ1v) is 5.99. The molecule has 0 spiro atoms. The van der Waals surface area contributed by atoms with E-state index in [4.69, 9.17) is 0 Å². The average Bonchev–Trinajstić information content (AvgIpc) is 2.08. The second-order valence-corrected chi connectivity index (χ2v) is 5.46. The van der Waals surface area contributed by atoms with Gasteiger partial charge in [0.05, 0.1) is 5.54 Å². The van der Waals surface area contributed by atoms with E-state index in [0.29, 0.717) is 11.8 Å². The first-order valence-electron chi connectivity index (χ1n) is 5.99. The molecule has 1 heterocycles. The molecule has 0 aromatic rings. The maximum Gasteiger partial charge on any atom is 0.240 e. The molecule has 0 unspecified atom stereocenters. The first kappa shape index (κ1) is 12.5. The molecule has 0 atom stereocenters. The number of nitrogens with one attached hydrogen (secondary N) is 2. The van der Waals surface area contributed by atoms with Crippen LogP contribution < -0.4 is 10.6 Å². The SMILES string of the molecule is CC(C)CC1(CC(C)C)NCCNC1=O. The van der Waals surface area contributed by atoms with E-state index >= 15 is 0 Å². The van der Waals surface area contributed by atoms with Gasteiger partial charge in [0.1, 0.15) is 0 Å². The van der Waals surface area contributed by atoms with Gasteiger partial charge in [0.15, 0.2) is 0 Å². The summed E-state index contributed by atoms with van der Waals surface area (Å²) in [6, 6.07) is 0. The highest BCUT2D eigenvalue weighted by atomic mass is 16.2. The highest BCUT2D eigenvalue weighted by Gasteiger charge is 2.40. The van der Waals surface area contributed by atoms with Gasteiger partial charge in [0.2, 0.25) is 5.91 Å². The fourth-order valence-corrected chi connectivity index (χ4v) is 2.53. The standard InChI is InChI=1S/C12H24N2O/c1-9(2)7-12(8-10(3)4)11(15)13-5-6-14-12/h9-10,14H,5-8H2,1-4H3,(H,13,15). The zero-order valence-electron chi connectivity index (χ0n) is 10.4. The minimum atomic E-state index is -0.319. The Labute approximate surface area is 93.0 Å². The molecule has 0 radical (unpaired) electrons. The summed E-state index contributed by atoms with van der Waals surface area (Å²) in [6.07, 6.45) is 1.86. The lowest BCUT2D eigenvalue weighted by atomic mass is 9.80.